The number of carbonyl (C=O) groups excluding carboxylic acids is 3. The number of nitrogens with one attached hydrogen (secondary N) is 2. The summed E-state index contributed by atoms with van der Waals surface area (Å²) in [6, 6.07) is 6.09. The van der Waals surface area contributed by atoms with E-state index in [2.05, 4.69) is 15.7 Å². The first-order chi connectivity index (χ1) is 14.4. The molecule has 2 aliphatic heterocycles. The Labute approximate surface area is 183 Å². The van der Waals surface area contributed by atoms with Crippen molar-refractivity contribution in [3.63, 3.8) is 0 Å². The van der Waals surface area contributed by atoms with Crippen LogP contribution < -0.4 is 10.6 Å². The van der Waals surface area contributed by atoms with E-state index in [-0.39, 0.29) is 24.1 Å². The Bertz CT molecular complexity index is 986. The van der Waals surface area contributed by atoms with Gasteiger partial charge in [-0.1, -0.05) is 29.3 Å². The molecule has 2 N–H and O–H groups in total. The number of hydrogen-bond acceptors (Lipinski definition) is 4. The van der Waals surface area contributed by atoms with Gasteiger partial charge in [-0.3, -0.25) is 19.1 Å². The fraction of sp³-hybridized carbons (Fsp3) is 0.400. The summed E-state index contributed by atoms with van der Waals surface area (Å²) in [6.45, 7) is 1.75. The maximum Gasteiger partial charge on any atom is 0.272 e. The molecule has 3 amide bonds. The van der Waals surface area contributed by atoms with Crippen molar-refractivity contribution < 1.29 is 14.4 Å². The van der Waals surface area contributed by atoms with Crippen LogP contribution in [0.5, 0.6) is 0 Å². The number of rotatable bonds is 4. The molecule has 1 aromatic heterocycles. The van der Waals surface area contributed by atoms with Gasteiger partial charge in [-0.25, -0.2) is 0 Å². The largest absolute Gasteiger partial charge is 0.354 e. The van der Waals surface area contributed by atoms with Crippen molar-refractivity contribution >= 4 is 40.9 Å². The average molecular weight is 450 g/mol. The normalized spacial score (nSPS) is 19.1. The summed E-state index contributed by atoms with van der Waals surface area (Å²) in [7, 11) is 0. The van der Waals surface area contributed by atoms with Crippen LogP contribution in [0, 0.1) is 0 Å². The molecule has 1 atom stereocenters. The van der Waals surface area contributed by atoms with Crippen molar-refractivity contribution in [2.45, 2.75) is 38.4 Å². The minimum Gasteiger partial charge on any atom is -0.354 e. The molecule has 2 aromatic rings. The van der Waals surface area contributed by atoms with Gasteiger partial charge in [0.05, 0.1) is 6.54 Å². The van der Waals surface area contributed by atoms with Crippen LogP contribution in [0.2, 0.25) is 10.0 Å². The number of halogens is 2. The Hall–Kier alpha value is -2.58. The number of amides is 3. The molecule has 0 saturated carbocycles. The highest BCUT2D eigenvalue weighted by molar-refractivity contribution is 6.36. The summed E-state index contributed by atoms with van der Waals surface area (Å²) in [6.07, 6.45) is 2.31. The van der Waals surface area contributed by atoms with Crippen LogP contribution in [0.4, 0.5) is 0 Å². The third-order valence-electron chi connectivity index (χ3n) is 5.35. The van der Waals surface area contributed by atoms with E-state index in [9.17, 15) is 14.4 Å². The molecule has 0 aliphatic carbocycles. The maximum absolute atomic E-state index is 13.0. The molecule has 30 heavy (non-hydrogen) atoms. The van der Waals surface area contributed by atoms with E-state index in [1.165, 1.54) is 10.7 Å². The lowest BCUT2D eigenvalue weighted by Crippen LogP contribution is -2.45. The number of fused-ring (bicyclic) bond motifs is 1. The van der Waals surface area contributed by atoms with E-state index in [0.717, 1.165) is 12.8 Å². The topological polar surface area (TPSA) is 96.3 Å². The van der Waals surface area contributed by atoms with Gasteiger partial charge in [-0.05, 0) is 31.4 Å². The van der Waals surface area contributed by atoms with Gasteiger partial charge < -0.3 is 15.5 Å². The number of hydrogen-bond donors (Lipinski definition) is 2. The highest BCUT2D eigenvalue weighted by Gasteiger charge is 2.30. The smallest absolute Gasteiger partial charge is 0.272 e. The third-order valence-corrected chi connectivity index (χ3v) is 6.06. The zero-order chi connectivity index (χ0) is 21.3. The predicted molar refractivity (Wildman–Crippen MR) is 112 cm³/mol. The molecule has 1 saturated heterocycles. The Morgan fingerprint density at radius 1 is 1.20 bits per heavy atom. The van der Waals surface area contributed by atoms with Crippen molar-refractivity contribution in [1.82, 2.24) is 25.3 Å². The van der Waals surface area contributed by atoms with E-state index >= 15 is 0 Å². The summed E-state index contributed by atoms with van der Waals surface area (Å²) in [4.78, 5) is 39.3. The molecule has 2 aliphatic rings. The second-order valence-electron chi connectivity index (χ2n) is 7.38. The van der Waals surface area contributed by atoms with Crippen LogP contribution in [-0.2, 0) is 17.9 Å². The SMILES string of the molecule is O=C(N[C@H]1CCCCNC1=O)c1cc2n(n1)CCN(Cc1c(Cl)cccc1Cl)C2=O. The highest BCUT2D eigenvalue weighted by atomic mass is 35.5. The van der Waals surface area contributed by atoms with E-state index in [1.807, 2.05) is 0 Å². The molecule has 0 radical (unpaired) electrons. The van der Waals surface area contributed by atoms with E-state index in [1.54, 1.807) is 23.1 Å². The zero-order valence-electron chi connectivity index (χ0n) is 16.2. The molecule has 0 spiro atoms. The molecule has 4 rings (SSSR count). The average Bonchev–Trinajstić information content (AvgIpc) is 3.06. The summed E-state index contributed by atoms with van der Waals surface area (Å²) < 4.78 is 1.52. The molecule has 1 aromatic carbocycles. The Morgan fingerprint density at radius 3 is 2.73 bits per heavy atom. The minimum atomic E-state index is -0.590. The van der Waals surface area contributed by atoms with Crippen molar-refractivity contribution in [2.75, 3.05) is 13.1 Å². The quantitative estimate of drug-likeness (QED) is 0.747. The van der Waals surface area contributed by atoms with Crippen LogP contribution in [0.3, 0.4) is 0 Å². The second kappa shape index (κ2) is 8.65. The zero-order valence-corrected chi connectivity index (χ0v) is 17.7. The lowest BCUT2D eigenvalue weighted by atomic mass is 10.1. The first kappa shape index (κ1) is 20.7. The molecule has 1 fully saturated rings. The van der Waals surface area contributed by atoms with E-state index in [4.69, 9.17) is 23.2 Å². The summed E-state index contributed by atoms with van der Waals surface area (Å²) in [5.74, 6) is -0.910. The molecular formula is C20H21Cl2N5O3. The lowest BCUT2D eigenvalue weighted by Gasteiger charge is -2.28. The molecule has 10 heteroatoms. The Kier molecular flexibility index (Phi) is 5.97. The molecular weight excluding hydrogens is 429 g/mol. The third kappa shape index (κ3) is 4.15. The van der Waals surface area contributed by atoms with Gasteiger partial charge in [0.25, 0.3) is 11.8 Å². The minimum absolute atomic E-state index is 0.119. The summed E-state index contributed by atoms with van der Waals surface area (Å²) in [5, 5.41) is 10.8. The summed E-state index contributed by atoms with van der Waals surface area (Å²) in [5.41, 5.74) is 1.12. The number of benzene rings is 1. The molecule has 158 valence electrons. The number of carbonyl (C=O) groups is 3. The highest BCUT2D eigenvalue weighted by Crippen LogP contribution is 2.27. The van der Waals surface area contributed by atoms with Gasteiger partial charge in [0.1, 0.15) is 11.7 Å². The first-order valence-electron chi connectivity index (χ1n) is 9.82. The Balaban J connectivity index is 1.49. The Morgan fingerprint density at radius 2 is 1.97 bits per heavy atom. The van der Waals surface area contributed by atoms with E-state index in [0.29, 0.717) is 47.4 Å². The standard InChI is InChI=1S/C20H21Cl2N5O3/c21-13-4-3-5-14(22)12(13)11-26-8-9-27-17(20(26)30)10-16(25-27)19(29)24-15-6-1-2-7-23-18(15)28/h3-5,10,15H,1-2,6-9,11H2,(H,23,28)(H,24,29)/t15-/m0/s1. The van der Waals surface area contributed by atoms with Crippen molar-refractivity contribution in [3.05, 3.63) is 51.3 Å². The fourth-order valence-electron chi connectivity index (χ4n) is 3.68. The van der Waals surface area contributed by atoms with Gasteiger partial charge in [0, 0.05) is 41.3 Å². The summed E-state index contributed by atoms with van der Waals surface area (Å²) >= 11 is 12.5. The maximum atomic E-state index is 13.0. The molecule has 8 nitrogen and oxygen atoms in total. The number of aromatic nitrogens is 2. The van der Waals surface area contributed by atoms with Gasteiger partial charge in [0.2, 0.25) is 5.91 Å². The van der Waals surface area contributed by atoms with Gasteiger partial charge in [-0.15, -0.1) is 0 Å². The monoisotopic (exact) mass is 449 g/mol. The van der Waals surface area contributed by atoms with Crippen LogP contribution in [0.25, 0.3) is 0 Å². The molecule has 0 bridgehead atoms. The van der Waals surface area contributed by atoms with Gasteiger partial charge in [0.15, 0.2) is 5.69 Å². The second-order valence-corrected chi connectivity index (χ2v) is 8.19. The first-order valence-corrected chi connectivity index (χ1v) is 10.6. The predicted octanol–water partition coefficient (Wildman–Crippen LogP) is 2.24. The van der Waals surface area contributed by atoms with Crippen molar-refractivity contribution in [2.24, 2.45) is 0 Å². The molecule has 0 unspecified atom stereocenters. The van der Waals surface area contributed by atoms with Crippen molar-refractivity contribution in [3.8, 4) is 0 Å². The number of nitrogens with zero attached hydrogens (tertiary/aromatic N) is 3. The van der Waals surface area contributed by atoms with Gasteiger partial charge in [-0.2, -0.15) is 5.10 Å². The van der Waals surface area contributed by atoms with Gasteiger partial charge >= 0.3 is 0 Å². The van der Waals surface area contributed by atoms with Crippen LogP contribution in [-0.4, -0.2) is 51.5 Å². The molecule has 3 heterocycles. The fourth-order valence-corrected chi connectivity index (χ4v) is 4.20. The van der Waals surface area contributed by atoms with Crippen LogP contribution >= 0.6 is 23.2 Å². The lowest BCUT2D eigenvalue weighted by molar-refractivity contribution is -0.122. The van der Waals surface area contributed by atoms with E-state index < -0.39 is 11.9 Å². The van der Waals surface area contributed by atoms with Crippen molar-refractivity contribution in [1.29, 1.82) is 0 Å². The van der Waals surface area contributed by atoms with Crippen LogP contribution in [0.15, 0.2) is 24.3 Å². The van der Waals surface area contributed by atoms with Crippen LogP contribution in [0.1, 0.15) is 45.8 Å².